The highest BCUT2D eigenvalue weighted by Gasteiger charge is 2.58. The highest BCUT2D eigenvalue weighted by molar-refractivity contribution is 5.97. The van der Waals surface area contributed by atoms with E-state index in [-0.39, 0.29) is 13.0 Å². The van der Waals surface area contributed by atoms with Crippen molar-refractivity contribution in [2.45, 2.75) is 70.8 Å². The van der Waals surface area contributed by atoms with Crippen molar-refractivity contribution in [3.8, 4) is 0 Å². The van der Waals surface area contributed by atoms with Crippen LogP contribution in [0.25, 0.3) is 0 Å². The second kappa shape index (κ2) is 9.82. The second-order valence-electron chi connectivity index (χ2n) is 11.0. The number of carbonyl (C=O) groups is 3. The number of carbonyl (C=O) groups excluding carboxylic acids is 3. The largest absolute Gasteiger partial charge is 0.460 e. The summed E-state index contributed by atoms with van der Waals surface area (Å²) >= 11 is 0. The number of hydrogen-bond acceptors (Lipinski definition) is 6. The molecule has 0 spiro atoms. The highest BCUT2D eigenvalue weighted by atomic mass is 16.6. The minimum absolute atomic E-state index is 0.178. The predicted octanol–water partition coefficient (Wildman–Crippen LogP) is 4.09. The minimum Gasteiger partial charge on any atom is -0.460 e. The summed E-state index contributed by atoms with van der Waals surface area (Å²) < 4.78 is 11.2. The number of benzene rings is 2. The van der Waals surface area contributed by atoms with Crippen molar-refractivity contribution < 1.29 is 29.0 Å². The van der Waals surface area contributed by atoms with Gasteiger partial charge in [-0.3, -0.25) is 9.59 Å². The van der Waals surface area contributed by atoms with Gasteiger partial charge in [-0.1, -0.05) is 48.5 Å². The van der Waals surface area contributed by atoms with Gasteiger partial charge in [-0.25, -0.2) is 4.79 Å². The summed E-state index contributed by atoms with van der Waals surface area (Å²) in [6.07, 6.45) is -0.273. The van der Waals surface area contributed by atoms with Gasteiger partial charge in [-0.2, -0.15) is 0 Å². The van der Waals surface area contributed by atoms with Crippen LogP contribution in [-0.2, 0) is 24.7 Å². The summed E-state index contributed by atoms with van der Waals surface area (Å²) in [7, 11) is 0. The Labute approximate surface area is 207 Å². The minimum atomic E-state index is -1.68. The van der Waals surface area contributed by atoms with E-state index in [9.17, 15) is 19.5 Å². The van der Waals surface area contributed by atoms with Crippen molar-refractivity contribution in [1.82, 2.24) is 4.90 Å². The molecule has 7 nitrogen and oxygen atoms in total. The summed E-state index contributed by atoms with van der Waals surface area (Å²) in [4.78, 5) is 41.4. The first kappa shape index (κ1) is 26.4. The van der Waals surface area contributed by atoms with E-state index in [2.05, 4.69) is 0 Å². The maximum atomic E-state index is 13.6. The zero-order chi connectivity index (χ0) is 26.0. The van der Waals surface area contributed by atoms with Gasteiger partial charge in [-0.05, 0) is 59.2 Å². The molecule has 1 aliphatic rings. The average molecular weight is 482 g/mol. The molecule has 0 aliphatic carbocycles. The third-order valence-corrected chi connectivity index (χ3v) is 5.75. The number of nitrogens with zero attached hydrogens (tertiary/aromatic N) is 1. The van der Waals surface area contributed by atoms with Crippen LogP contribution in [0.4, 0.5) is 0 Å². The first-order valence-electron chi connectivity index (χ1n) is 11.8. The van der Waals surface area contributed by atoms with E-state index >= 15 is 0 Å². The fraction of sp³-hybridized carbons (Fsp3) is 0.464. The topological polar surface area (TPSA) is 93.1 Å². The Hall–Kier alpha value is -3.19. The molecule has 1 N–H and O–H groups in total. The van der Waals surface area contributed by atoms with Crippen LogP contribution in [0, 0.1) is 5.92 Å². The molecule has 35 heavy (non-hydrogen) atoms. The molecule has 1 unspecified atom stereocenters. The molecule has 188 valence electrons. The number of β-amino-alcohol motifs (C(OH)–C–C–N with tert-alkyl or cyclic N) is 1. The Kier molecular flexibility index (Phi) is 7.41. The van der Waals surface area contributed by atoms with Crippen molar-refractivity contribution in [1.29, 1.82) is 0 Å². The summed E-state index contributed by atoms with van der Waals surface area (Å²) in [5, 5.41) is 12.0. The van der Waals surface area contributed by atoms with E-state index in [4.69, 9.17) is 9.47 Å². The number of hydrogen-bond donors (Lipinski definition) is 1. The first-order chi connectivity index (χ1) is 16.2. The second-order valence-corrected chi connectivity index (χ2v) is 11.0. The lowest BCUT2D eigenvalue weighted by atomic mass is 9.79. The summed E-state index contributed by atoms with van der Waals surface area (Å²) in [6, 6.07) is 16.1. The lowest BCUT2D eigenvalue weighted by Gasteiger charge is -2.32. The number of rotatable bonds is 5. The third-order valence-electron chi connectivity index (χ3n) is 5.75. The van der Waals surface area contributed by atoms with Gasteiger partial charge in [-0.15, -0.1) is 0 Å². The Balaban J connectivity index is 2.11. The van der Waals surface area contributed by atoms with Crippen LogP contribution < -0.4 is 0 Å². The molecule has 1 aliphatic heterocycles. The van der Waals surface area contributed by atoms with E-state index in [0.717, 1.165) is 0 Å². The van der Waals surface area contributed by atoms with Crippen molar-refractivity contribution in [3.63, 3.8) is 0 Å². The molecule has 3 rings (SSSR count). The van der Waals surface area contributed by atoms with Gasteiger partial charge in [0.1, 0.15) is 22.8 Å². The standard InChI is InChI=1S/C28H35NO6/c1-26(2,3)34-22(30)17-21-23(25(32)35-27(4,5)6)29(24(31)19-13-9-7-10-14-19)18-28(21,33)20-15-11-8-12-16-20/h7-16,21,23,33H,17-18H2,1-6H3/t21-,23+,28?/m1/s1. The average Bonchev–Trinajstić information content (AvgIpc) is 3.05. The van der Waals surface area contributed by atoms with Crippen molar-refractivity contribution in [2.75, 3.05) is 6.54 Å². The fourth-order valence-corrected chi connectivity index (χ4v) is 4.43. The number of esters is 2. The predicted molar refractivity (Wildman–Crippen MR) is 131 cm³/mol. The normalized spacial score (nSPS) is 22.5. The summed E-state index contributed by atoms with van der Waals surface area (Å²) in [5.41, 5.74) is -2.38. The van der Waals surface area contributed by atoms with E-state index < -0.39 is 46.6 Å². The molecule has 3 atom stereocenters. The molecule has 1 heterocycles. The van der Waals surface area contributed by atoms with Crippen molar-refractivity contribution >= 4 is 17.8 Å². The first-order valence-corrected chi connectivity index (χ1v) is 11.8. The van der Waals surface area contributed by atoms with Gasteiger partial charge in [0.15, 0.2) is 0 Å². The molecule has 0 saturated carbocycles. The monoisotopic (exact) mass is 481 g/mol. The quantitative estimate of drug-likeness (QED) is 0.647. The van der Waals surface area contributed by atoms with E-state index in [0.29, 0.717) is 11.1 Å². The number of likely N-dealkylation sites (tertiary alicyclic amines) is 1. The van der Waals surface area contributed by atoms with Gasteiger partial charge >= 0.3 is 11.9 Å². The van der Waals surface area contributed by atoms with Gasteiger partial charge in [0, 0.05) is 11.5 Å². The lowest BCUT2D eigenvalue weighted by Crippen LogP contribution is -2.47. The Bertz CT molecular complexity index is 1050. The molecular weight excluding hydrogens is 446 g/mol. The van der Waals surface area contributed by atoms with Crippen molar-refractivity contribution in [3.05, 3.63) is 71.8 Å². The van der Waals surface area contributed by atoms with Crippen LogP contribution in [0.15, 0.2) is 60.7 Å². The Morgan fingerprint density at radius 1 is 0.886 bits per heavy atom. The molecule has 2 aromatic carbocycles. The van der Waals surface area contributed by atoms with Crippen LogP contribution >= 0.6 is 0 Å². The maximum absolute atomic E-state index is 13.6. The van der Waals surface area contributed by atoms with Crippen LogP contribution in [0.5, 0.6) is 0 Å². The third kappa shape index (κ3) is 6.28. The molecule has 0 aromatic heterocycles. The number of amides is 1. The Morgan fingerprint density at radius 3 is 1.91 bits per heavy atom. The van der Waals surface area contributed by atoms with Gasteiger partial charge < -0.3 is 19.5 Å². The van der Waals surface area contributed by atoms with Crippen molar-refractivity contribution in [2.24, 2.45) is 5.92 Å². The van der Waals surface area contributed by atoms with Gasteiger partial charge in [0.25, 0.3) is 5.91 Å². The van der Waals surface area contributed by atoms with E-state index in [1.807, 2.05) is 6.07 Å². The van der Waals surface area contributed by atoms with Crippen LogP contribution in [-0.4, -0.2) is 51.6 Å². The molecule has 0 radical (unpaired) electrons. The smallest absolute Gasteiger partial charge is 0.329 e. The highest BCUT2D eigenvalue weighted by Crippen LogP contribution is 2.44. The summed E-state index contributed by atoms with van der Waals surface area (Å²) in [5.74, 6) is -2.66. The van der Waals surface area contributed by atoms with Crippen LogP contribution in [0.3, 0.4) is 0 Å². The molecule has 7 heteroatoms. The van der Waals surface area contributed by atoms with E-state index in [1.54, 1.807) is 96.1 Å². The lowest BCUT2D eigenvalue weighted by molar-refractivity contribution is -0.165. The fourth-order valence-electron chi connectivity index (χ4n) is 4.43. The van der Waals surface area contributed by atoms with Gasteiger partial charge in [0.05, 0.1) is 13.0 Å². The molecular formula is C28H35NO6. The molecule has 1 fully saturated rings. The SMILES string of the molecule is CC(C)(C)OC(=O)C[C@@H]1[C@@H](C(=O)OC(C)(C)C)N(C(=O)c2ccccc2)CC1(O)c1ccccc1. The maximum Gasteiger partial charge on any atom is 0.329 e. The van der Waals surface area contributed by atoms with Gasteiger partial charge in [0.2, 0.25) is 0 Å². The number of aliphatic hydroxyl groups is 1. The molecule has 2 aromatic rings. The molecule has 0 bridgehead atoms. The number of ether oxygens (including phenoxy) is 2. The van der Waals surface area contributed by atoms with Crippen LogP contribution in [0.1, 0.15) is 63.9 Å². The zero-order valence-electron chi connectivity index (χ0n) is 21.3. The van der Waals surface area contributed by atoms with Crippen LogP contribution in [0.2, 0.25) is 0 Å². The summed E-state index contributed by atoms with van der Waals surface area (Å²) in [6.45, 7) is 10.3. The van der Waals surface area contributed by atoms with E-state index in [1.165, 1.54) is 4.90 Å². The molecule has 1 saturated heterocycles. The molecule has 1 amide bonds. The Morgan fingerprint density at radius 2 is 1.40 bits per heavy atom. The zero-order valence-corrected chi connectivity index (χ0v) is 21.3.